The molecule has 0 radical (unpaired) electrons. The van der Waals surface area contributed by atoms with Gasteiger partial charge in [-0.3, -0.25) is 19.2 Å². The van der Waals surface area contributed by atoms with Crippen molar-refractivity contribution in [2.45, 2.75) is 45.0 Å². The highest BCUT2D eigenvalue weighted by Gasteiger charge is 2.42. The van der Waals surface area contributed by atoms with Gasteiger partial charge in [0, 0.05) is 49.4 Å². The van der Waals surface area contributed by atoms with Gasteiger partial charge in [-0.2, -0.15) is 0 Å². The molecule has 11 heteroatoms. The number of rotatable bonds is 6. The largest absolute Gasteiger partial charge is 0.483 e. The minimum Gasteiger partial charge on any atom is -0.483 e. The molecule has 2 unspecified atom stereocenters. The van der Waals surface area contributed by atoms with Crippen molar-refractivity contribution in [3.8, 4) is 5.75 Å². The molecule has 3 aromatic rings. The van der Waals surface area contributed by atoms with E-state index in [0.29, 0.717) is 24.1 Å². The first kappa shape index (κ1) is 26.2. The van der Waals surface area contributed by atoms with Gasteiger partial charge in [-0.05, 0) is 18.9 Å². The van der Waals surface area contributed by atoms with Gasteiger partial charge in [-0.1, -0.05) is 30.3 Å². The zero-order valence-electron chi connectivity index (χ0n) is 20.9. The summed E-state index contributed by atoms with van der Waals surface area (Å²) in [5, 5.41) is 2.27. The van der Waals surface area contributed by atoms with Crippen LogP contribution in [0.4, 0.5) is 13.2 Å². The van der Waals surface area contributed by atoms with Gasteiger partial charge in [-0.15, -0.1) is 0 Å². The highest BCUT2D eigenvalue weighted by molar-refractivity contribution is 6.01. The average molecular weight is 540 g/mol. The first-order valence-corrected chi connectivity index (χ1v) is 12.4. The van der Waals surface area contributed by atoms with Crippen molar-refractivity contribution >= 4 is 17.6 Å². The van der Waals surface area contributed by atoms with Crippen LogP contribution in [0.3, 0.4) is 0 Å². The predicted octanol–water partition coefficient (Wildman–Crippen LogP) is 3.52. The summed E-state index contributed by atoms with van der Waals surface area (Å²) in [4.78, 5) is 54.8. The lowest BCUT2D eigenvalue weighted by Gasteiger charge is -2.36. The van der Waals surface area contributed by atoms with Gasteiger partial charge >= 0.3 is 0 Å². The lowest BCUT2D eigenvalue weighted by molar-refractivity contribution is -0.122. The van der Waals surface area contributed by atoms with Gasteiger partial charge < -0.3 is 19.5 Å². The zero-order valence-corrected chi connectivity index (χ0v) is 20.9. The summed E-state index contributed by atoms with van der Waals surface area (Å²) in [6.45, 7) is 1.12. The third kappa shape index (κ3) is 4.91. The first-order chi connectivity index (χ1) is 18.7. The number of halogens is 3. The molecule has 3 heterocycles. The number of amides is 2. The smallest absolute Gasteiger partial charge is 0.274 e. The molecule has 1 aromatic heterocycles. The number of hydrogen-bond donors (Lipinski definition) is 1. The van der Waals surface area contributed by atoms with Crippen LogP contribution in [0.15, 0.2) is 53.5 Å². The minimum absolute atomic E-state index is 0.0693. The number of ether oxygens (including phenoxy) is 1. The molecule has 0 spiro atoms. The minimum atomic E-state index is -1.20. The number of aromatic nitrogens is 1. The van der Waals surface area contributed by atoms with Crippen LogP contribution in [0.2, 0.25) is 0 Å². The quantitative estimate of drug-likeness (QED) is 0.517. The maximum atomic E-state index is 14.1. The number of fused-ring (bicyclic) bond motifs is 4. The molecule has 8 nitrogen and oxygen atoms in total. The molecule has 2 aromatic carbocycles. The van der Waals surface area contributed by atoms with Gasteiger partial charge in [-0.25, -0.2) is 13.2 Å². The highest BCUT2D eigenvalue weighted by atomic mass is 19.1. The molecule has 2 aliphatic heterocycles. The Morgan fingerprint density at radius 3 is 2.46 bits per heavy atom. The van der Waals surface area contributed by atoms with Crippen molar-refractivity contribution in [2.75, 3.05) is 6.54 Å². The van der Waals surface area contributed by atoms with Crippen LogP contribution in [0.25, 0.3) is 0 Å². The maximum absolute atomic E-state index is 14.1. The van der Waals surface area contributed by atoms with Gasteiger partial charge in [0.1, 0.15) is 35.7 Å². The molecule has 0 aliphatic carbocycles. The van der Waals surface area contributed by atoms with Crippen molar-refractivity contribution in [1.29, 1.82) is 0 Å². The summed E-state index contributed by atoms with van der Waals surface area (Å²) in [6, 6.07) is 8.70. The van der Waals surface area contributed by atoms with Crippen molar-refractivity contribution in [2.24, 2.45) is 0 Å². The number of pyridine rings is 1. The van der Waals surface area contributed by atoms with E-state index in [1.165, 1.54) is 9.47 Å². The SMILES string of the molecule is CC1CCC(=O)C2CN1C(=O)c1c(OCc3ccccc3)c(=O)c(C(=O)NCc3c(F)cc(F)cc3F)cn12. The van der Waals surface area contributed by atoms with Crippen LogP contribution in [0.1, 0.15) is 57.8 Å². The van der Waals surface area contributed by atoms with E-state index >= 15 is 0 Å². The second-order valence-corrected chi connectivity index (χ2v) is 9.59. The monoisotopic (exact) mass is 539 g/mol. The fraction of sp³-hybridized carbons (Fsp3) is 0.286. The molecule has 2 amide bonds. The Hall–Kier alpha value is -4.41. The molecule has 2 atom stereocenters. The number of benzene rings is 2. The lowest BCUT2D eigenvalue weighted by atomic mass is 10.0. The molecule has 39 heavy (non-hydrogen) atoms. The van der Waals surface area contributed by atoms with E-state index in [0.717, 1.165) is 6.20 Å². The number of carbonyl (C=O) groups excluding carboxylic acids is 3. The summed E-state index contributed by atoms with van der Waals surface area (Å²) in [6.07, 6.45) is 1.77. The Kier molecular flexibility index (Phi) is 6.98. The molecule has 2 bridgehead atoms. The summed E-state index contributed by atoms with van der Waals surface area (Å²) < 4.78 is 48.6. The molecule has 1 fully saturated rings. The van der Waals surface area contributed by atoms with Crippen molar-refractivity contribution in [1.82, 2.24) is 14.8 Å². The van der Waals surface area contributed by atoms with E-state index in [1.54, 1.807) is 30.3 Å². The van der Waals surface area contributed by atoms with Crippen LogP contribution >= 0.6 is 0 Å². The van der Waals surface area contributed by atoms with Crippen LogP contribution < -0.4 is 15.5 Å². The number of carbonyl (C=O) groups is 3. The highest BCUT2D eigenvalue weighted by Crippen LogP contribution is 2.33. The standard InChI is InChI=1S/C28H24F3N3O5/c1-15-7-8-23(35)22-13-33(15)28(38)24-26(39-14-16-5-3-2-4-6-16)25(36)19(12-34(22)24)27(37)32-11-18-20(30)9-17(29)10-21(18)31/h2-6,9-10,12,15,22H,7-8,11,13-14H2,1H3,(H,32,37). The number of nitrogens with one attached hydrogen (secondary N) is 1. The van der Waals surface area contributed by atoms with Gasteiger partial charge in [0.25, 0.3) is 11.8 Å². The van der Waals surface area contributed by atoms with E-state index in [1.807, 2.05) is 6.92 Å². The number of hydrogen-bond acceptors (Lipinski definition) is 5. The Labute approximate surface area is 221 Å². The topological polar surface area (TPSA) is 97.7 Å². The maximum Gasteiger partial charge on any atom is 0.274 e. The summed E-state index contributed by atoms with van der Waals surface area (Å²) in [7, 11) is 0. The van der Waals surface area contributed by atoms with Crippen LogP contribution in [0.5, 0.6) is 5.75 Å². The van der Waals surface area contributed by atoms with E-state index in [4.69, 9.17) is 4.74 Å². The van der Waals surface area contributed by atoms with Crippen LogP contribution in [-0.4, -0.2) is 39.7 Å². The second kappa shape index (κ2) is 10.4. The van der Waals surface area contributed by atoms with Crippen molar-refractivity contribution in [3.63, 3.8) is 0 Å². The molecule has 5 rings (SSSR count). The normalized spacial score (nSPS) is 18.4. The second-order valence-electron chi connectivity index (χ2n) is 9.59. The molecular formula is C28H24F3N3O5. The molecule has 0 saturated carbocycles. The first-order valence-electron chi connectivity index (χ1n) is 12.4. The zero-order chi connectivity index (χ0) is 27.8. The van der Waals surface area contributed by atoms with E-state index in [9.17, 15) is 32.3 Å². The van der Waals surface area contributed by atoms with Crippen LogP contribution in [-0.2, 0) is 17.9 Å². The lowest BCUT2D eigenvalue weighted by Crippen LogP contribution is -2.48. The fourth-order valence-electron chi connectivity index (χ4n) is 4.90. The van der Waals surface area contributed by atoms with E-state index in [-0.39, 0.29) is 37.1 Å². The number of ketones is 1. The molecule has 2 aliphatic rings. The fourth-order valence-corrected chi connectivity index (χ4v) is 4.90. The number of nitrogens with zero attached hydrogens (tertiary/aromatic N) is 2. The third-order valence-electron chi connectivity index (χ3n) is 7.08. The molecule has 202 valence electrons. The summed E-state index contributed by atoms with van der Waals surface area (Å²) >= 11 is 0. The molecule has 1 N–H and O–H groups in total. The van der Waals surface area contributed by atoms with Crippen molar-refractivity contribution < 1.29 is 32.3 Å². The van der Waals surface area contributed by atoms with Crippen LogP contribution in [0, 0.1) is 17.5 Å². The summed E-state index contributed by atoms with van der Waals surface area (Å²) in [5.74, 6) is -5.60. The summed E-state index contributed by atoms with van der Waals surface area (Å²) in [5.41, 5.74) is -1.43. The Bertz CT molecular complexity index is 1520. The Morgan fingerprint density at radius 2 is 1.77 bits per heavy atom. The van der Waals surface area contributed by atoms with E-state index in [2.05, 4.69) is 5.32 Å². The number of Topliss-reactive ketones (excluding diaryl/α,β-unsaturated/α-hetero) is 1. The van der Waals surface area contributed by atoms with Gasteiger partial charge in [0.2, 0.25) is 5.43 Å². The van der Waals surface area contributed by atoms with Gasteiger partial charge in [0.15, 0.2) is 17.2 Å². The predicted molar refractivity (Wildman–Crippen MR) is 133 cm³/mol. The van der Waals surface area contributed by atoms with Gasteiger partial charge in [0.05, 0.1) is 0 Å². The van der Waals surface area contributed by atoms with Crippen molar-refractivity contribution in [3.05, 3.63) is 98.7 Å². The average Bonchev–Trinajstić information content (AvgIpc) is 3.03. The Morgan fingerprint density at radius 1 is 1.08 bits per heavy atom. The third-order valence-corrected chi connectivity index (χ3v) is 7.08. The molecular weight excluding hydrogens is 515 g/mol. The Balaban J connectivity index is 1.57. The molecule has 1 saturated heterocycles. The van der Waals surface area contributed by atoms with E-state index < -0.39 is 64.2 Å².